The third-order valence-electron chi connectivity index (χ3n) is 3.03. The smallest absolute Gasteiger partial charge is 0.231 e. The largest absolute Gasteiger partial charge is 0.454 e. The first-order chi connectivity index (χ1) is 9.63. The number of nitrogens with zero attached hydrogens (tertiary/aromatic N) is 1. The Kier molecular flexibility index (Phi) is 3.83. The molecule has 4 nitrogen and oxygen atoms in total. The fraction of sp³-hybridized carbons (Fsp3) is 0.214. The summed E-state index contributed by atoms with van der Waals surface area (Å²) in [5.74, 6) is 1.10. The standard InChI is InChI=1S/C14H11BrClNO3/c15-9-1-2-10(17-6-9)5-12(18)8-3-11(16)14-13(4-8)19-7-20-14/h1-4,6,12,18H,5,7H2. The molecule has 1 aliphatic heterocycles. The molecule has 0 spiro atoms. The van der Waals surface area contributed by atoms with Crippen molar-refractivity contribution in [1.29, 1.82) is 0 Å². The van der Waals surface area contributed by atoms with Crippen molar-refractivity contribution < 1.29 is 14.6 Å². The Labute approximate surface area is 129 Å². The van der Waals surface area contributed by atoms with Gasteiger partial charge in [0, 0.05) is 22.8 Å². The Balaban J connectivity index is 1.82. The van der Waals surface area contributed by atoms with E-state index in [1.165, 1.54) is 0 Å². The Bertz CT molecular complexity index is 633. The third-order valence-corrected chi connectivity index (χ3v) is 3.78. The van der Waals surface area contributed by atoms with E-state index in [1.807, 2.05) is 12.1 Å². The van der Waals surface area contributed by atoms with Gasteiger partial charge in [0.05, 0.1) is 11.1 Å². The molecule has 1 N–H and O–H groups in total. The van der Waals surface area contributed by atoms with E-state index in [-0.39, 0.29) is 6.79 Å². The van der Waals surface area contributed by atoms with E-state index < -0.39 is 6.10 Å². The number of aromatic nitrogens is 1. The highest BCUT2D eigenvalue weighted by Gasteiger charge is 2.21. The van der Waals surface area contributed by atoms with Crippen LogP contribution >= 0.6 is 27.5 Å². The third kappa shape index (κ3) is 2.75. The van der Waals surface area contributed by atoms with Crippen LogP contribution in [0.3, 0.4) is 0 Å². The number of aliphatic hydroxyl groups is 1. The lowest BCUT2D eigenvalue weighted by atomic mass is 10.0. The first-order valence-electron chi connectivity index (χ1n) is 6.01. The summed E-state index contributed by atoms with van der Waals surface area (Å²) in [5, 5.41) is 10.7. The Morgan fingerprint density at radius 2 is 2.20 bits per heavy atom. The van der Waals surface area contributed by atoms with E-state index in [2.05, 4.69) is 20.9 Å². The quantitative estimate of drug-likeness (QED) is 0.914. The Hall–Kier alpha value is -1.30. The lowest BCUT2D eigenvalue weighted by Crippen LogP contribution is -2.03. The van der Waals surface area contributed by atoms with Gasteiger partial charge >= 0.3 is 0 Å². The van der Waals surface area contributed by atoms with Crippen molar-refractivity contribution in [3.05, 3.63) is 51.2 Å². The van der Waals surface area contributed by atoms with E-state index in [9.17, 15) is 5.11 Å². The van der Waals surface area contributed by atoms with Crippen molar-refractivity contribution in [2.45, 2.75) is 12.5 Å². The van der Waals surface area contributed by atoms with Gasteiger partial charge in [-0.3, -0.25) is 4.98 Å². The molecule has 0 fully saturated rings. The molecule has 0 radical (unpaired) electrons. The minimum Gasteiger partial charge on any atom is -0.454 e. The topological polar surface area (TPSA) is 51.6 Å². The molecule has 3 rings (SSSR count). The molecule has 0 saturated carbocycles. The van der Waals surface area contributed by atoms with E-state index in [0.717, 1.165) is 10.2 Å². The zero-order valence-corrected chi connectivity index (χ0v) is 12.7. The molecule has 20 heavy (non-hydrogen) atoms. The van der Waals surface area contributed by atoms with Crippen LogP contribution in [0.2, 0.25) is 5.02 Å². The van der Waals surface area contributed by atoms with E-state index >= 15 is 0 Å². The van der Waals surface area contributed by atoms with Gasteiger partial charge in [-0.2, -0.15) is 0 Å². The van der Waals surface area contributed by atoms with Crippen LogP contribution in [0.15, 0.2) is 34.9 Å². The van der Waals surface area contributed by atoms with Crippen molar-refractivity contribution in [2.24, 2.45) is 0 Å². The maximum Gasteiger partial charge on any atom is 0.231 e. The normalized spacial score (nSPS) is 14.3. The summed E-state index contributed by atoms with van der Waals surface area (Å²) in [6.07, 6.45) is 1.41. The minimum atomic E-state index is -0.698. The van der Waals surface area contributed by atoms with E-state index in [4.69, 9.17) is 21.1 Å². The number of rotatable bonds is 3. The second-order valence-corrected chi connectivity index (χ2v) is 5.75. The first-order valence-corrected chi connectivity index (χ1v) is 7.18. The van der Waals surface area contributed by atoms with Gasteiger partial charge in [-0.1, -0.05) is 11.6 Å². The molecular formula is C14H11BrClNO3. The zero-order chi connectivity index (χ0) is 14.1. The van der Waals surface area contributed by atoms with Crippen molar-refractivity contribution >= 4 is 27.5 Å². The summed E-state index contributed by atoms with van der Waals surface area (Å²) in [6.45, 7) is 0.156. The molecule has 1 aromatic heterocycles. The molecule has 0 aliphatic carbocycles. The molecule has 104 valence electrons. The fourth-order valence-corrected chi connectivity index (χ4v) is 2.53. The molecule has 6 heteroatoms. The van der Waals surface area contributed by atoms with Gasteiger partial charge in [-0.25, -0.2) is 0 Å². The molecule has 0 amide bonds. The number of benzene rings is 1. The van der Waals surface area contributed by atoms with Crippen molar-refractivity contribution in [1.82, 2.24) is 4.98 Å². The number of halogens is 2. The van der Waals surface area contributed by atoms with Gasteiger partial charge < -0.3 is 14.6 Å². The summed E-state index contributed by atoms with van der Waals surface area (Å²) < 4.78 is 11.4. The molecule has 2 heterocycles. The van der Waals surface area contributed by atoms with Gasteiger partial charge in [0.25, 0.3) is 0 Å². The van der Waals surface area contributed by atoms with Crippen molar-refractivity contribution in [3.63, 3.8) is 0 Å². The SMILES string of the molecule is OC(Cc1ccc(Br)cn1)c1cc(Cl)c2c(c1)OCO2. The van der Waals surface area contributed by atoms with Gasteiger partial charge in [0.15, 0.2) is 11.5 Å². The summed E-state index contributed by atoms with van der Waals surface area (Å²) >= 11 is 9.43. The van der Waals surface area contributed by atoms with E-state index in [1.54, 1.807) is 18.3 Å². The van der Waals surface area contributed by atoms with Crippen LogP contribution in [-0.2, 0) is 6.42 Å². The zero-order valence-electron chi connectivity index (χ0n) is 10.3. The maximum atomic E-state index is 10.3. The predicted octanol–water partition coefficient (Wildman–Crippen LogP) is 3.50. The van der Waals surface area contributed by atoms with Gasteiger partial charge in [-0.05, 0) is 45.8 Å². The summed E-state index contributed by atoms with van der Waals surface area (Å²) in [4.78, 5) is 4.24. The second kappa shape index (κ2) is 5.60. The lowest BCUT2D eigenvalue weighted by molar-refractivity contribution is 0.171. The number of pyridine rings is 1. The van der Waals surface area contributed by atoms with Crippen molar-refractivity contribution in [3.8, 4) is 11.5 Å². The average Bonchev–Trinajstić information content (AvgIpc) is 2.90. The molecule has 2 aromatic rings. The molecular weight excluding hydrogens is 346 g/mol. The highest BCUT2D eigenvalue weighted by atomic mass is 79.9. The number of hydrogen-bond donors (Lipinski definition) is 1. The summed E-state index contributed by atoms with van der Waals surface area (Å²) in [5.41, 5.74) is 1.48. The monoisotopic (exact) mass is 355 g/mol. The average molecular weight is 357 g/mol. The number of ether oxygens (including phenoxy) is 2. The number of fused-ring (bicyclic) bond motifs is 1. The second-order valence-electron chi connectivity index (χ2n) is 4.42. The van der Waals surface area contributed by atoms with Crippen LogP contribution in [0, 0.1) is 0 Å². The molecule has 1 aliphatic rings. The molecule has 1 aromatic carbocycles. The predicted molar refractivity (Wildman–Crippen MR) is 78.2 cm³/mol. The Morgan fingerprint density at radius 1 is 1.35 bits per heavy atom. The highest BCUT2D eigenvalue weighted by molar-refractivity contribution is 9.10. The molecule has 1 atom stereocenters. The Morgan fingerprint density at radius 3 is 2.95 bits per heavy atom. The van der Waals surface area contributed by atoms with Crippen LogP contribution in [0.4, 0.5) is 0 Å². The highest BCUT2D eigenvalue weighted by Crippen LogP contribution is 2.41. The van der Waals surface area contributed by atoms with Crippen LogP contribution in [0.25, 0.3) is 0 Å². The first kappa shape index (κ1) is 13.7. The van der Waals surface area contributed by atoms with Crippen LogP contribution < -0.4 is 9.47 Å². The van der Waals surface area contributed by atoms with E-state index in [0.29, 0.717) is 28.5 Å². The van der Waals surface area contributed by atoms with Gasteiger partial charge in [-0.15, -0.1) is 0 Å². The van der Waals surface area contributed by atoms with Gasteiger partial charge in [0.2, 0.25) is 6.79 Å². The molecule has 0 saturated heterocycles. The molecule has 1 unspecified atom stereocenters. The lowest BCUT2D eigenvalue weighted by Gasteiger charge is -2.12. The van der Waals surface area contributed by atoms with Crippen LogP contribution in [0.1, 0.15) is 17.4 Å². The summed E-state index contributed by atoms with van der Waals surface area (Å²) in [7, 11) is 0. The summed E-state index contributed by atoms with van der Waals surface area (Å²) in [6, 6.07) is 7.19. The molecule has 0 bridgehead atoms. The van der Waals surface area contributed by atoms with Crippen molar-refractivity contribution in [2.75, 3.05) is 6.79 Å². The van der Waals surface area contributed by atoms with Crippen LogP contribution in [0.5, 0.6) is 11.5 Å². The number of aliphatic hydroxyl groups excluding tert-OH is 1. The fourth-order valence-electron chi connectivity index (χ4n) is 2.02. The van der Waals surface area contributed by atoms with Gasteiger partial charge in [0.1, 0.15) is 0 Å². The maximum absolute atomic E-state index is 10.3. The number of hydrogen-bond acceptors (Lipinski definition) is 4. The minimum absolute atomic E-state index is 0.156. The van der Waals surface area contributed by atoms with Crippen LogP contribution in [-0.4, -0.2) is 16.9 Å².